The van der Waals surface area contributed by atoms with Crippen molar-refractivity contribution < 1.29 is 15.0 Å². The van der Waals surface area contributed by atoms with E-state index in [4.69, 9.17) is 5.11 Å². The van der Waals surface area contributed by atoms with Gasteiger partial charge in [-0.05, 0) is 17.9 Å². The summed E-state index contributed by atoms with van der Waals surface area (Å²) in [6.45, 7) is 3.90. The van der Waals surface area contributed by atoms with Gasteiger partial charge in [-0.2, -0.15) is 0 Å². The zero-order chi connectivity index (χ0) is 12.8. The van der Waals surface area contributed by atoms with Crippen LogP contribution in [-0.4, -0.2) is 33.8 Å². The third kappa shape index (κ3) is 3.94. The molecule has 0 saturated carbocycles. The van der Waals surface area contributed by atoms with Gasteiger partial charge < -0.3 is 10.2 Å². The molecule has 5 heteroatoms. The fraction of sp³-hybridized carbons (Fsp3) is 0.417. The van der Waals surface area contributed by atoms with Gasteiger partial charge in [-0.15, -0.1) is 23.5 Å². The molecule has 0 bridgehead atoms. The molecule has 1 atom stereocenters. The molecule has 0 heterocycles. The molecule has 0 fully saturated rings. The Kier molecular flexibility index (Phi) is 5.88. The Balaban J connectivity index is 3.10. The van der Waals surface area contributed by atoms with E-state index >= 15 is 0 Å². The topological polar surface area (TPSA) is 57.5 Å². The Hall–Kier alpha value is -0.650. The number of hydrogen-bond acceptors (Lipinski definition) is 4. The molecular weight excluding hydrogens is 256 g/mol. The van der Waals surface area contributed by atoms with Crippen molar-refractivity contribution in [3.05, 3.63) is 23.8 Å². The Morgan fingerprint density at radius 3 is 2.59 bits per heavy atom. The number of hydrogen-bond donors (Lipinski definition) is 2. The first-order valence-corrected chi connectivity index (χ1v) is 7.23. The van der Waals surface area contributed by atoms with Gasteiger partial charge >= 0.3 is 5.97 Å². The third-order valence-electron chi connectivity index (χ3n) is 2.09. The number of carboxylic acids is 1. The van der Waals surface area contributed by atoms with Crippen LogP contribution in [0, 0.1) is 0 Å². The van der Waals surface area contributed by atoms with Crippen LogP contribution in [0.15, 0.2) is 28.0 Å². The lowest BCUT2D eigenvalue weighted by Crippen LogP contribution is -2.06. The second kappa shape index (κ2) is 6.93. The fourth-order valence-corrected chi connectivity index (χ4v) is 3.22. The molecule has 0 aliphatic rings. The molecule has 17 heavy (non-hydrogen) atoms. The van der Waals surface area contributed by atoms with Gasteiger partial charge in [-0.25, -0.2) is 4.79 Å². The van der Waals surface area contributed by atoms with Crippen LogP contribution >= 0.6 is 23.5 Å². The Bertz CT molecular complexity index is 393. The molecular formula is C12H16O3S2. The molecule has 0 radical (unpaired) electrons. The van der Waals surface area contributed by atoms with Gasteiger partial charge in [0.05, 0.1) is 12.2 Å². The molecule has 0 saturated heterocycles. The van der Waals surface area contributed by atoms with Gasteiger partial charge in [-0.1, -0.05) is 19.9 Å². The van der Waals surface area contributed by atoms with E-state index in [-0.39, 0.29) is 11.9 Å². The van der Waals surface area contributed by atoms with E-state index in [0.29, 0.717) is 5.56 Å². The predicted octanol–water partition coefficient (Wildman–Crippen LogP) is 2.97. The number of thioether (sulfide) groups is 2. The molecule has 3 nitrogen and oxygen atoms in total. The molecule has 2 N–H and O–H groups in total. The van der Waals surface area contributed by atoms with Crippen LogP contribution in [0.1, 0.15) is 24.2 Å². The minimum absolute atomic E-state index is 0.00465. The summed E-state index contributed by atoms with van der Waals surface area (Å²) in [5.74, 6) is -0.0709. The quantitative estimate of drug-likeness (QED) is 0.780. The summed E-state index contributed by atoms with van der Waals surface area (Å²) in [5.41, 5.74) is 0.352. The number of carboxylic acid groups (broad SMARTS) is 1. The van der Waals surface area contributed by atoms with E-state index < -0.39 is 5.97 Å². The van der Waals surface area contributed by atoms with Gasteiger partial charge in [0.15, 0.2) is 0 Å². The van der Waals surface area contributed by atoms with E-state index in [1.165, 1.54) is 23.5 Å². The molecule has 1 rings (SSSR count). The Morgan fingerprint density at radius 1 is 1.41 bits per heavy atom. The summed E-state index contributed by atoms with van der Waals surface area (Å²) in [7, 11) is 0. The zero-order valence-electron chi connectivity index (χ0n) is 9.84. The van der Waals surface area contributed by atoms with E-state index in [0.717, 1.165) is 15.5 Å². The first-order valence-electron chi connectivity index (χ1n) is 5.36. The Labute approximate surface area is 110 Å². The standard InChI is InChI=1S/C12H16O3S2/c1-3-16-9-5-4-6-10(11(9)12(14)15)17-8(2)7-13/h4-6,8,13H,3,7H2,1-2H3,(H,14,15). The van der Waals surface area contributed by atoms with Crippen molar-refractivity contribution in [2.45, 2.75) is 28.9 Å². The highest BCUT2D eigenvalue weighted by Crippen LogP contribution is 2.33. The average Bonchev–Trinajstić information content (AvgIpc) is 2.29. The monoisotopic (exact) mass is 272 g/mol. The largest absolute Gasteiger partial charge is 0.478 e. The van der Waals surface area contributed by atoms with Crippen molar-refractivity contribution in [3.63, 3.8) is 0 Å². The number of rotatable bonds is 6. The SMILES string of the molecule is CCSc1cccc(SC(C)CO)c1C(=O)O. The minimum Gasteiger partial charge on any atom is -0.478 e. The van der Waals surface area contributed by atoms with Gasteiger partial charge in [-0.3, -0.25) is 0 Å². The summed E-state index contributed by atoms with van der Waals surface area (Å²) < 4.78 is 0. The molecule has 0 aromatic heterocycles. The van der Waals surface area contributed by atoms with Gasteiger partial charge in [0, 0.05) is 15.0 Å². The van der Waals surface area contributed by atoms with Crippen LogP contribution in [0.25, 0.3) is 0 Å². The summed E-state index contributed by atoms with van der Waals surface area (Å²) in [6, 6.07) is 5.47. The lowest BCUT2D eigenvalue weighted by molar-refractivity contribution is 0.0689. The molecule has 0 aliphatic heterocycles. The van der Waals surface area contributed by atoms with Crippen molar-refractivity contribution >= 4 is 29.5 Å². The van der Waals surface area contributed by atoms with Crippen molar-refractivity contribution in [1.29, 1.82) is 0 Å². The van der Waals surface area contributed by atoms with Crippen molar-refractivity contribution in [1.82, 2.24) is 0 Å². The van der Waals surface area contributed by atoms with E-state index in [1.54, 1.807) is 6.07 Å². The van der Waals surface area contributed by atoms with Crippen LogP contribution in [0.5, 0.6) is 0 Å². The van der Waals surface area contributed by atoms with Gasteiger partial charge in [0.25, 0.3) is 0 Å². The Morgan fingerprint density at radius 2 is 2.06 bits per heavy atom. The maximum atomic E-state index is 11.3. The van der Waals surface area contributed by atoms with Crippen LogP contribution in [0.4, 0.5) is 0 Å². The second-order valence-corrected chi connectivity index (χ2v) is 6.26. The second-order valence-electron chi connectivity index (χ2n) is 3.48. The number of aliphatic hydroxyl groups is 1. The number of aliphatic hydroxyl groups excluding tert-OH is 1. The lowest BCUT2D eigenvalue weighted by Gasteiger charge is -2.13. The molecule has 1 aromatic rings. The maximum Gasteiger partial charge on any atom is 0.337 e. The maximum absolute atomic E-state index is 11.3. The van der Waals surface area contributed by atoms with Crippen LogP contribution in [0.2, 0.25) is 0 Å². The smallest absolute Gasteiger partial charge is 0.337 e. The summed E-state index contributed by atoms with van der Waals surface area (Å²) in [5, 5.41) is 18.3. The molecule has 0 aliphatic carbocycles. The molecule has 1 aromatic carbocycles. The van der Waals surface area contributed by atoms with Gasteiger partial charge in [0.1, 0.15) is 0 Å². The van der Waals surface area contributed by atoms with Crippen LogP contribution in [0.3, 0.4) is 0 Å². The third-order valence-corrected chi connectivity index (χ3v) is 4.17. The van der Waals surface area contributed by atoms with Gasteiger partial charge in [0.2, 0.25) is 0 Å². The van der Waals surface area contributed by atoms with E-state index in [1.807, 2.05) is 26.0 Å². The number of benzene rings is 1. The molecule has 0 amide bonds. The average molecular weight is 272 g/mol. The lowest BCUT2D eigenvalue weighted by atomic mass is 10.2. The van der Waals surface area contributed by atoms with E-state index in [9.17, 15) is 9.90 Å². The highest BCUT2D eigenvalue weighted by molar-refractivity contribution is 8.00. The number of aromatic carboxylic acids is 1. The van der Waals surface area contributed by atoms with Crippen molar-refractivity contribution in [2.24, 2.45) is 0 Å². The fourth-order valence-electron chi connectivity index (χ4n) is 1.35. The first kappa shape index (κ1) is 14.4. The van der Waals surface area contributed by atoms with Crippen molar-refractivity contribution in [3.8, 4) is 0 Å². The van der Waals surface area contributed by atoms with E-state index in [2.05, 4.69) is 0 Å². The molecule has 94 valence electrons. The highest BCUT2D eigenvalue weighted by atomic mass is 32.2. The van der Waals surface area contributed by atoms with Crippen molar-refractivity contribution in [2.75, 3.05) is 12.4 Å². The predicted molar refractivity (Wildman–Crippen MR) is 72.2 cm³/mol. The zero-order valence-corrected chi connectivity index (χ0v) is 11.5. The summed E-state index contributed by atoms with van der Waals surface area (Å²) in [4.78, 5) is 12.8. The number of carbonyl (C=O) groups is 1. The normalized spacial score (nSPS) is 12.4. The summed E-state index contributed by atoms with van der Waals surface area (Å²) >= 11 is 2.92. The molecule has 0 spiro atoms. The minimum atomic E-state index is -0.908. The summed E-state index contributed by atoms with van der Waals surface area (Å²) in [6.07, 6.45) is 0. The molecule has 1 unspecified atom stereocenters. The first-order chi connectivity index (χ1) is 8.10. The van der Waals surface area contributed by atoms with Crippen LogP contribution < -0.4 is 0 Å². The van der Waals surface area contributed by atoms with Crippen LogP contribution in [-0.2, 0) is 0 Å². The highest BCUT2D eigenvalue weighted by Gasteiger charge is 2.17.